The number of fused-ring (bicyclic) bond motifs is 1. The Kier molecular flexibility index (Phi) is 2.74. The number of hydrogen-bond donors (Lipinski definition) is 1. The van der Waals surface area contributed by atoms with E-state index in [0.29, 0.717) is 0 Å². The fraction of sp³-hybridized carbons (Fsp3) is 0. The third-order valence-electron chi connectivity index (χ3n) is 2.33. The molecule has 2 heterocycles. The quantitative estimate of drug-likeness (QED) is 0.714. The van der Waals surface area contributed by atoms with Gasteiger partial charge < -0.3 is 4.98 Å². The first-order valence-corrected chi connectivity index (χ1v) is 6.24. The lowest BCUT2D eigenvalue weighted by atomic mass is 10.4. The van der Waals surface area contributed by atoms with Gasteiger partial charge in [0.2, 0.25) is 0 Å². The fourth-order valence-corrected chi connectivity index (χ4v) is 2.76. The van der Waals surface area contributed by atoms with Gasteiger partial charge in [0.25, 0.3) is 0 Å². The Bertz CT molecular complexity index is 665. The monoisotopic (exact) mass is 261 g/mol. The molecule has 0 saturated carbocycles. The molecule has 1 N–H and O–H groups in total. The van der Waals surface area contributed by atoms with Crippen LogP contribution in [0, 0.1) is 0 Å². The van der Waals surface area contributed by atoms with Gasteiger partial charge in [-0.1, -0.05) is 29.4 Å². The van der Waals surface area contributed by atoms with Crippen LogP contribution in [0.15, 0.2) is 52.8 Å². The van der Waals surface area contributed by atoms with Crippen molar-refractivity contribution in [3.63, 3.8) is 0 Å². The van der Waals surface area contributed by atoms with Crippen LogP contribution in [-0.2, 0) is 0 Å². The van der Waals surface area contributed by atoms with Crippen LogP contribution in [0.25, 0.3) is 11.0 Å². The summed E-state index contributed by atoms with van der Waals surface area (Å²) >= 11 is 7.54. The number of benzene rings is 1. The molecule has 0 atom stereocenters. The lowest BCUT2D eigenvalue weighted by Crippen LogP contribution is -1.84. The number of nitrogens with zero attached hydrogens (tertiary/aromatic N) is 2. The Labute approximate surface area is 107 Å². The molecule has 0 bridgehead atoms. The summed E-state index contributed by atoms with van der Waals surface area (Å²) in [5.41, 5.74) is 0.851. The molecular weight excluding hydrogens is 254 g/mol. The predicted octanol–water partition coefficient (Wildman–Crippen LogP) is 3.76. The van der Waals surface area contributed by atoms with E-state index in [1.807, 2.05) is 36.5 Å². The molecule has 3 nitrogen and oxygen atoms in total. The van der Waals surface area contributed by atoms with E-state index in [4.69, 9.17) is 11.6 Å². The van der Waals surface area contributed by atoms with Crippen molar-refractivity contribution in [2.24, 2.45) is 0 Å². The molecule has 0 aliphatic heterocycles. The van der Waals surface area contributed by atoms with Crippen molar-refractivity contribution in [1.82, 2.24) is 15.0 Å². The van der Waals surface area contributed by atoms with Crippen molar-refractivity contribution in [2.75, 3.05) is 0 Å². The molecule has 0 radical (unpaired) electrons. The van der Waals surface area contributed by atoms with Crippen molar-refractivity contribution < 1.29 is 0 Å². The first-order valence-electron chi connectivity index (χ1n) is 5.04. The maximum Gasteiger partial charge on any atom is 0.141 e. The van der Waals surface area contributed by atoms with Gasteiger partial charge in [0.1, 0.15) is 17.0 Å². The zero-order valence-electron chi connectivity index (χ0n) is 8.72. The van der Waals surface area contributed by atoms with Crippen LogP contribution in [0.1, 0.15) is 0 Å². The summed E-state index contributed by atoms with van der Waals surface area (Å²) in [7, 11) is 0. The zero-order chi connectivity index (χ0) is 11.7. The van der Waals surface area contributed by atoms with Crippen molar-refractivity contribution in [3.05, 3.63) is 47.9 Å². The van der Waals surface area contributed by atoms with E-state index < -0.39 is 0 Å². The second-order valence-corrected chi connectivity index (χ2v) is 4.98. The molecule has 0 aliphatic rings. The van der Waals surface area contributed by atoms with E-state index in [2.05, 4.69) is 15.0 Å². The van der Waals surface area contributed by atoms with E-state index in [1.165, 1.54) is 0 Å². The number of aromatic nitrogens is 3. The molecule has 0 unspecified atom stereocenters. The lowest BCUT2D eigenvalue weighted by Gasteiger charge is -2.02. The highest BCUT2D eigenvalue weighted by molar-refractivity contribution is 7.99. The summed E-state index contributed by atoms with van der Waals surface area (Å²) in [6.45, 7) is 0. The van der Waals surface area contributed by atoms with Gasteiger partial charge in [0.15, 0.2) is 0 Å². The summed E-state index contributed by atoms with van der Waals surface area (Å²) in [5.74, 6) is 0. The highest BCUT2D eigenvalue weighted by atomic mass is 35.5. The van der Waals surface area contributed by atoms with Crippen molar-refractivity contribution in [1.29, 1.82) is 0 Å². The first-order chi connectivity index (χ1) is 8.33. The molecule has 0 saturated heterocycles. The molecule has 0 spiro atoms. The summed E-state index contributed by atoms with van der Waals surface area (Å²) in [5, 5.41) is 2.69. The van der Waals surface area contributed by atoms with Gasteiger partial charge in [-0.25, -0.2) is 9.97 Å². The van der Waals surface area contributed by atoms with Gasteiger partial charge in [0, 0.05) is 16.1 Å². The van der Waals surface area contributed by atoms with E-state index in [9.17, 15) is 0 Å². The van der Waals surface area contributed by atoms with Crippen LogP contribution in [-0.4, -0.2) is 15.0 Å². The second-order valence-electron chi connectivity index (χ2n) is 3.48. The van der Waals surface area contributed by atoms with Crippen LogP contribution < -0.4 is 0 Å². The largest absolute Gasteiger partial charge is 0.346 e. The number of halogens is 1. The fourth-order valence-electron chi connectivity index (χ4n) is 1.57. The number of hydrogen-bond acceptors (Lipinski definition) is 3. The highest BCUT2D eigenvalue weighted by Gasteiger charge is 2.06. The standard InChI is InChI=1S/C12H8ClN3S/c13-8-2-1-3-9(6-8)17-12-10-4-5-14-11(10)15-7-16-12/h1-7H,(H,14,15,16). The van der Waals surface area contributed by atoms with E-state index in [-0.39, 0.29) is 0 Å². The molecule has 0 fully saturated rings. The number of rotatable bonds is 2. The Morgan fingerprint density at radius 2 is 2.12 bits per heavy atom. The molecule has 84 valence electrons. The highest BCUT2D eigenvalue weighted by Crippen LogP contribution is 2.31. The number of nitrogens with one attached hydrogen (secondary N) is 1. The second kappa shape index (κ2) is 4.39. The Hall–Kier alpha value is -1.52. The third-order valence-corrected chi connectivity index (χ3v) is 3.57. The summed E-state index contributed by atoms with van der Waals surface area (Å²) in [6, 6.07) is 9.70. The van der Waals surface area contributed by atoms with Crippen LogP contribution in [0.3, 0.4) is 0 Å². The van der Waals surface area contributed by atoms with Gasteiger partial charge in [0.05, 0.1) is 5.39 Å². The molecule has 1 aromatic carbocycles. The van der Waals surface area contributed by atoms with E-state index >= 15 is 0 Å². The van der Waals surface area contributed by atoms with Crippen LogP contribution in [0.4, 0.5) is 0 Å². The zero-order valence-corrected chi connectivity index (χ0v) is 10.3. The molecule has 5 heteroatoms. The summed E-state index contributed by atoms with van der Waals surface area (Å²) < 4.78 is 0. The lowest BCUT2D eigenvalue weighted by molar-refractivity contribution is 1.09. The Morgan fingerprint density at radius 1 is 1.18 bits per heavy atom. The minimum absolute atomic E-state index is 0.731. The van der Waals surface area contributed by atoms with E-state index in [1.54, 1.807) is 18.1 Å². The molecule has 0 amide bonds. The van der Waals surface area contributed by atoms with Gasteiger partial charge in [-0.3, -0.25) is 0 Å². The van der Waals surface area contributed by atoms with Crippen LogP contribution in [0.5, 0.6) is 0 Å². The average Bonchev–Trinajstić information content (AvgIpc) is 2.78. The normalized spacial score (nSPS) is 10.9. The van der Waals surface area contributed by atoms with Crippen LogP contribution in [0.2, 0.25) is 5.02 Å². The minimum atomic E-state index is 0.731. The molecule has 0 aliphatic carbocycles. The topological polar surface area (TPSA) is 41.6 Å². The van der Waals surface area contributed by atoms with Crippen molar-refractivity contribution in [3.8, 4) is 0 Å². The molecule has 2 aromatic heterocycles. The van der Waals surface area contributed by atoms with Gasteiger partial charge in [-0.2, -0.15) is 0 Å². The molecule has 17 heavy (non-hydrogen) atoms. The van der Waals surface area contributed by atoms with E-state index in [0.717, 1.165) is 26.0 Å². The van der Waals surface area contributed by atoms with Crippen LogP contribution >= 0.6 is 23.4 Å². The first kappa shape index (κ1) is 10.6. The number of H-pyrrole nitrogens is 1. The predicted molar refractivity (Wildman–Crippen MR) is 69.5 cm³/mol. The summed E-state index contributed by atoms with van der Waals surface area (Å²) in [4.78, 5) is 12.6. The summed E-state index contributed by atoms with van der Waals surface area (Å²) in [6.07, 6.45) is 3.42. The SMILES string of the molecule is Clc1cccc(Sc2ncnc3[nH]ccc23)c1. The number of aromatic amines is 1. The smallest absolute Gasteiger partial charge is 0.141 e. The molecule has 3 aromatic rings. The minimum Gasteiger partial charge on any atom is -0.346 e. The van der Waals surface area contributed by atoms with Gasteiger partial charge >= 0.3 is 0 Å². The van der Waals surface area contributed by atoms with Gasteiger partial charge in [-0.05, 0) is 24.3 Å². The third kappa shape index (κ3) is 2.14. The Balaban J connectivity index is 2.02. The molecule has 3 rings (SSSR count). The average molecular weight is 262 g/mol. The van der Waals surface area contributed by atoms with Crippen molar-refractivity contribution >= 4 is 34.4 Å². The van der Waals surface area contributed by atoms with Crippen molar-refractivity contribution in [2.45, 2.75) is 9.92 Å². The maximum absolute atomic E-state index is 5.96. The Morgan fingerprint density at radius 3 is 3.00 bits per heavy atom. The molecular formula is C12H8ClN3S. The maximum atomic E-state index is 5.96. The van der Waals surface area contributed by atoms with Gasteiger partial charge in [-0.15, -0.1) is 0 Å².